The van der Waals surface area contributed by atoms with Crippen LogP contribution in [0.25, 0.3) is 0 Å². The fourth-order valence-electron chi connectivity index (χ4n) is 0.299. The average molecular weight is 178 g/mol. The van der Waals surface area contributed by atoms with Crippen LogP contribution >= 0.6 is 0 Å². The van der Waals surface area contributed by atoms with Gasteiger partial charge in [0.2, 0.25) is 0 Å². The van der Waals surface area contributed by atoms with Crippen LogP contribution in [0.1, 0.15) is 13.3 Å². The normalized spacial score (nSPS) is 15.5. The fraction of sp³-hybridized carbons (Fsp3) is 1.00. The van der Waals surface area contributed by atoms with Crippen molar-refractivity contribution in [2.75, 3.05) is 0 Å². The molecule has 0 N–H and O–H groups in total. The summed E-state index contributed by atoms with van der Waals surface area (Å²) in [5, 5.41) is 0. The molecule has 0 amide bonds. The zero-order chi connectivity index (χ0) is 9.07. The van der Waals surface area contributed by atoms with Crippen LogP contribution in [0, 0.1) is 0 Å². The first-order valence-electron chi connectivity index (χ1n) is 2.87. The smallest absolute Gasteiger partial charge is 0.280 e. The minimum Gasteiger partial charge on any atom is -0.280 e. The van der Waals surface area contributed by atoms with Crippen molar-refractivity contribution >= 4 is 0 Å². The van der Waals surface area contributed by atoms with Crippen molar-refractivity contribution in [1.82, 2.24) is 0 Å². The van der Waals surface area contributed by atoms with Crippen LogP contribution in [0.5, 0.6) is 0 Å². The molecule has 68 valence electrons. The van der Waals surface area contributed by atoms with E-state index in [9.17, 15) is 22.0 Å². The van der Waals surface area contributed by atoms with Gasteiger partial charge >= 0.3 is 6.11 Å². The molecule has 0 bridgehead atoms. The van der Waals surface area contributed by atoms with Crippen LogP contribution in [0.4, 0.5) is 22.0 Å². The Morgan fingerprint density at radius 3 is 2.00 bits per heavy atom. The second-order valence-electron chi connectivity index (χ2n) is 1.79. The summed E-state index contributed by atoms with van der Waals surface area (Å²) in [5.41, 5.74) is 0. The molecule has 0 spiro atoms. The summed E-state index contributed by atoms with van der Waals surface area (Å²) in [6.45, 7) is 0.998. The Morgan fingerprint density at radius 2 is 1.73 bits per heavy atom. The Morgan fingerprint density at radius 1 is 1.27 bits per heavy atom. The van der Waals surface area contributed by atoms with E-state index >= 15 is 0 Å². The van der Waals surface area contributed by atoms with E-state index in [1.807, 2.05) is 0 Å². The zero-order valence-corrected chi connectivity index (χ0v) is 5.66. The summed E-state index contributed by atoms with van der Waals surface area (Å²) in [4.78, 5) is 0. The Labute approximate surface area is 60.1 Å². The van der Waals surface area contributed by atoms with E-state index in [-0.39, 0.29) is 0 Å². The van der Waals surface area contributed by atoms with Gasteiger partial charge in [0.05, 0.1) is 0 Å². The van der Waals surface area contributed by atoms with Gasteiger partial charge in [0.25, 0.3) is 12.8 Å². The Bertz CT molecular complexity index is 115. The molecule has 0 aliphatic rings. The number of hydrogen-bond acceptors (Lipinski definition) is 1. The molecule has 0 aromatic heterocycles. The second kappa shape index (κ2) is 3.85. The lowest BCUT2D eigenvalue weighted by Gasteiger charge is -2.16. The van der Waals surface area contributed by atoms with Crippen molar-refractivity contribution in [3.8, 4) is 0 Å². The van der Waals surface area contributed by atoms with Gasteiger partial charge in [0, 0.05) is 6.42 Å². The minimum absolute atomic E-state index is 0.833. The zero-order valence-electron chi connectivity index (χ0n) is 5.66. The number of halogens is 5. The van der Waals surface area contributed by atoms with E-state index < -0.39 is 25.3 Å². The van der Waals surface area contributed by atoms with Crippen LogP contribution in [0.2, 0.25) is 0 Å². The van der Waals surface area contributed by atoms with Gasteiger partial charge in [-0.2, -0.15) is 8.78 Å². The van der Waals surface area contributed by atoms with Gasteiger partial charge in [0.15, 0.2) is 0 Å². The van der Waals surface area contributed by atoms with Crippen molar-refractivity contribution in [3.05, 3.63) is 0 Å². The lowest BCUT2D eigenvalue weighted by molar-refractivity contribution is -0.309. The molecule has 0 aromatic rings. The Hall–Kier alpha value is -0.390. The molecular weight excluding hydrogens is 171 g/mol. The van der Waals surface area contributed by atoms with Crippen molar-refractivity contribution in [3.63, 3.8) is 0 Å². The molecule has 0 fully saturated rings. The Kier molecular flexibility index (Phi) is 3.71. The molecule has 0 aliphatic carbocycles. The molecule has 0 saturated carbocycles. The first kappa shape index (κ1) is 10.6. The molecule has 0 radical (unpaired) electrons. The third kappa shape index (κ3) is 4.13. The fourth-order valence-corrected chi connectivity index (χ4v) is 0.299. The SMILES string of the molecule is CCC(F)(F)OC(F)C(F)F. The van der Waals surface area contributed by atoms with Gasteiger partial charge in [-0.15, -0.1) is 0 Å². The highest BCUT2D eigenvalue weighted by molar-refractivity contribution is 4.52. The van der Waals surface area contributed by atoms with E-state index in [4.69, 9.17) is 0 Å². The van der Waals surface area contributed by atoms with E-state index in [2.05, 4.69) is 4.74 Å². The lowest BCUT2D eigenvalue weighted by Crippen LogP contribution is -2.28. The first-order valence-corrected chi connectivity index (χ1v) is 2.87. The highest BCUT2D eigenvalue weighted by Crippen LogP contribution is 2.24. The van der Waals surface area contributed by atoms with Crippen LogP contribution in [-0.4, -0.2) is 18.9 Å². The predicted molar refractivity (Wildman–Crippen MR) is 27.2 cm³/mol. The van der Waals surface area contributed by atoms with Gasteiger partial charge in [0.1, 0.15) is 0 Å². The maximum atomic E-state index is 12.0. The number of hydrogen-bond donors (Lipinski definition) is 0. The van der Waals surface area contributed by atoms with Crippen molar-refractivity contribution in [2.24, 2.45) is 0 Å². The molecule has 0 saturated heterocycles. The van der Waals surface area contributed by atoms with Gasteiger partial charge in [-0.05, 0) is 0 Å². The maximum absolute atomic E-state index is 12.0. The monoisotopic (exact) mass is 178 g/mol. The summed E-state index contributed by atoms with van der Waals surface area (Å²) in [6.07, 6.45) is -11.4. The van der Waals surface area contributed by atoms with Gasteiger partial charge in [-0.1, -0.05) is 6.92 Å². The lowest BCUT2D eigenvalue weighted by atomic mass is 10.4. The quantitative estimate of drug-likeness (QED) is 0.601. The van der Waals surface area contributed by atoms with Gasteiger partial charge in [-0.25, -0.2) is 13.2 Å². The summed E-state index contributed by atoms with van der Waals surface area (Å²) in [7, 11) is 0. The molecular formula is C5H7F5O. The molecule has 0 aliphatic heterocycles. The van der Waals surface area contributed by atoms with Gasteiger partial charge in [-0.3, -0.25) is 4.74 Å². The second-order valence-corrected chi connectivity index (χ2v) is 1.79. The van der Waals surface area contributed by atoms with Crippen molar-refractivity contribution in [1.29, 1.82) is 0 Å². The number of rotatable bonds is 4. The molecule has 11 heavy (non-hydrogen) atoms. The highest BCUT2D eigenvalue weighted by Gasteiger charge is 2.35. The van der Waals surface area contributed by atoms with Gasteiger partial charge < -0.3 is 0 Å². The summed E-state index contributed by atoms with van der Waals surface area (Å²) < 4.78 is 61.3. The van der Waals surface area contributed by atoms with Crippen LogP contribution in [0.15, 0.2) is 0 Å². The molecule has 0 heterocycles. The molecule has 1 nitrogen and oxygen atoms in total. The third-order valence-electron chi connectivity index (χ3n) is 0.895. The first-order chi connectivity index (χ1) is 4.89. The van der Waals surface area contributed by atoms with Crippen LogP contribution in [0.3, 0.4) is 0 Å². The van der Waals surface area contributed by atoms with Crippen LogP contribution in [-0.2, 0) is 4.74 Å². The summed E-state index contributed by atoms with van der Waals surface area (Å²) in [6, 6.07) is 0. The largest absolute Gasteiger partial charge is 0.358 e. The van der Waals surface area contributed by atoms with E-state index in [0.717, 1.165) is 6.92 Å². The highest BCUT2D eigenvalue weighted by atomic mass is 19.3. The maximum Gasteiger partial charge on any atom is 0.358 e. The average Bonchev–Trinajstić information content (AvgIpc) is 1.87. The molecule has 6 heteroatoms. The molecule has 0 aromatic carbocycles. The van der Waals surface area contributed by atoms with E-state index in [1.165, 1.54) is 0 Å². The minimum atomic E-state index is -3.81. The van der Waals surface area contributed by atoms with Crippen molar-refractivity contribution in [2.45, 2.75) is 32.2 Å². The van der Waals surface area contributed by atoms with Crippen molar-refractivity contribution < 1.29 is 26.7 Å². The topological polar surface area (TPSA) is 9.23 Å². The molecule has 0 rings (SSSR count). The molecule has 1 atom stereocenters. The molecule has 1 unspecified atom stereocenters. The Balaban J connectivity index is 3.83. The van der Waals surface area contributed by atoms with Crippen LogP contribution < -0.4 is 0 Å². The van der Waals surface area contributed by atoms with E-state index in [0.29, 0.717) is 0 Å². The third-order valence-corrected chi connectivity index (χ3v) is 0.895. The summed E-state index contributed by atoms with van der Waals surface area (Å²) >= 11 is 0. The summed E-state index contributed by atoms with van der Waals surface area (Å²) in [5.74, 6) is 0. The predicted octanol–water partition coefficient (Wildman–Crippen LogP) is 2.57. The number of ether oxygens (including phenoxy) is 1. The van der Waals surface area contributed by atoms with E-state index in [1.54, 1.807) is 0 Å². The standard InChI is InChI=1S/C5H7F5O/c1-2-5(9,10)11-4(8)3(6)7/h3-4H,2H2,1H3. The number of alkyl halides is 5.